The van der Waals surface area contributed by atoms with Crippen molar-refractivity contribution in [2.24, 2.45) is 5.73 Å². The van der Waals surface area contributed by atoms with Gasteiger partial charge in [0.1, 0.15) is 0 Å². The second-order valence-electron chi connectivity index (χ2n) is 3.84. The summed E-state index contributed by atoms with van der Waals surface area (Å²) < 4.78 is 0. The van der Waals surface area contributed by atoms with Crippen LogP contribution in [-0.4, -0.2) is 22.6 Å². The van der Waals surface area contributed by atoms with Gasteiger partial charge in [-0.25, -0.2) is 0 Å². The fourth-order valence-corrected chi connectivity index (χ4v) is 1.58. The molecule has 0 bridgehead atoms. The van der Waals surface area contributed by atoms with Crippen molar-refractivity contribution in [3.63, 3.8) is 0 Å². The fraction of sp³-hybridized carbons (Fsp3) is 0.167. The number of hydrogen-bond donors (Lipinski definition) is 4. The van der Waals surface area contributed by atoms with Crippen molar-refractivity contribution in [3.8, 4) is 11.3 Å². The third-order valence-electron chi connectivity index (χ3n) is 2.45. The van der Waals surface area contributed by atoms with E-state index in [1.165, 1.54) is 6.07 Å². The molecule has 0 spiro atoms. The molecule has 2 aromatic rings. The lowest BCUT2D eigenvalue weighted by Gasteiger charge is -2.05. The molecule has 1 aromatic carbocycles. The van der Waals surface area contributed by atoms with Gasteiger partial charge in [-0.05, 0) is 17.7 Å². The zero-order valence-corrected chi connectivity index (χ0v) is 9.69. The maximum Gasteiger partial charge on any atom is 0.264 e. The molecule has 0 fully saturated rings. The minimum atomic E-state index is -0.176. The lowest BCUT2D eigenvalue weighted by molar-refractivity contribution is -0.116. The number of aromatic amines is 2. The van der Waals surface area contributed by atoms with Gasteiger partial charge in [-0.2, -0.15) is 0 Å². The van der Waals surface area contributed by atoms with Crippen LogP contribution in [0.3, 0.4) is 0 Å². The van der Waals surface area contributed by atoms with Gasteiger partial charge < -0.3 is 11.1 Å². The first-order chi connectivity index (χ1) is 8.69. The number of anilines is 1. The van der Waals surface area contributed by atoms with Gasteiger partial charge in [0.15, 0.2) is 0 Å². The van der Waals surface area contributed by atoms with Gasteiger partial charge in [-0.1, -0.05) is 12.1 Å². The molecule has 6 nitrogen and oxygen atoms in total. The van der Waals surface area contributed by atoms with E-state index in [0.717, 1.165) is 5.56 Å². The first kappa shape index (κ1) is 12.1. The van der Waals surface area contributed by atoms with Crippen molar-refractivity contribution < 1.29 is 4.79 Å². The molecule has 0 saturated heterocycles. The van der Waals surface area contributed by atoms with Crippen molar-refractivity contribution in [1.82, 2.24) is 10.2 Å². The Labute approximate surface area is 103 Å². The Morgan fingerprint density at radius 2 is 1.94 bits per heavy atom. The summed E-state index contributed by atoms with van der Waals surface area (Å²) >= 11 is 0. The first-order valence-electron chi connectivity index (χ1n) is 5.57. The molecule has 0 atom stereocenters. The van der Waals surface area contributed by atoms with Gasteiger partial charge in [0.25, 0.3) is 5.56 Å². The molecule has 6 heteroatoms. The van der Waals surface area contributed by atoms with Gasteiger partial charge in [0.2, 0.25) is 5.91 Å². The number of carbonyl (C=O) groups is 1. The molecule has 2 rings (SSSR count). The highest BCUT2D eigenvalue weighted by atomic mass is 16.1. The minimum Gasteiger partial charge on any atom is -0.330 e. The Kier molecular flexibility index (Phi) is 3.59. The van der Waals surface area contributed by atoms with Crippen molar-refractivity contribution in [3.05, 3.63) is 40.7 Å². The number of H-pyrrole nitrogens is 2. The van der Waals surface area contributed by atoms with Crippen LogP contribution < -0.4 is 16.6 Å². The number of nitrogens with two attached hydrogens (primary N) is 1. The SMILES string of the molecule is NCCC(=O)Nc1ccc(-c2cc(=O)[nH][nH]2)cc1. The quantitative estimate of drug-likeness (QED) is 0.637. The molecule has 0 aliphatic rings. The maximum atomic E-state index is 11.3. The predicted molar refractivity (Wildman–Crippen MR) is 69.2 cm³/mol. The van der Waals surface area contributed by atoms with Crippen LogP contribution in [0.15, 0.2) is 35.1 Å². The van der Waals surface area contributed by atoms with E-state index in [2.05, 4.69) is 15.5 Å². The largest absolute Gasteiger partial charge is 0.330 e. The molecule has 0 aliphatic carbocycles. The monoisotopic (exact) mass is 246 g/mol. The topological polar surface area (TPSA) is 104 Å². The van der Waals surface area contributed by atoms with Crippen molar-refractivity contribution in [2.45, 2.75) is 6.42 Å². The van der Waals surface area contributed by atoms with Crippen LogP contribution in [0.1, 0.15) is 6.42 Å². The molecule has 0 radical (unpaired) electrons. The van der Waals surface area contributed by atoms with E-state index in [1.807, 2.05) is 12.1 Å². The Hall–Kier alpha value is -2.34. The van der Waals surface area contributed by atoms with E-state index >= 15 is 0 Å². The summed E-state index contributed by atoms with van der Waals surface area (Å²) in [6.45, 7) is 0.328. The van der Waals surface area contributed by atoms with Crippen LogP contribution >= 0.6 is 0 Å². The van der Waals surface area contributed by atoms with E-state index in [4.69, 9.17) is 5.73 Å². The van der Waals surface area contributed by atoms with Gasteiger partial charge in [-0.3, -0.25) is 19.8 Å². The van der Waals surface area contributed by atoms with Crippen LogP contribution in [0, 0.1) is 0 Å². The summed E-state index contributed by atoms with van der Waals surface area (Å²) in [5.41, 5.74) is 7.39. The highest BCUT2D eigenvalue weighted by Crippen LogP contribution is 2.17. The number of nitrogens with one attached hydrogen (secondary N) is 3. The highest BCUT2D eigenvalue weighted by Gasteiger charge is 2.03. The fourth-order valence-electron chi connectivity index (χ4n) is 1.58. The normalized spacial score (nSPS) is 10.3. The Bertz CT molecular complexity index is 583. The van der Waals surface area contributed by atoms with E-state index in [1.54, 1.807) is 12.1 Å². The van der Waals surface area contributed by atoms with Crippen molar-refractivity contribution in [1.29, 1.82) is 0 Å². The Morgan fingerprint density at radius 3 is 2.50 bits per heavy atom. The second-order valence-corrected chi connectivity index (χ2v) is 3.84. The van der Waals surface area contributed by atoms with E-state index in [9.17, 15) is 9.59 Å². The maximum absolute atomic E-state index is 11.3. The summed E-state index contributed by atoms with van der Waals surface area (Å²) in [4.78, 5) is 22.3. The second kappa shape index (κ2) is 5.33. The lowest BCUT2D eigenvalue weighted by atomic mass is 10.1. The molecule has 0 saturated carbocycles. The third-order valence-corrected chi connectivity index (χ3v) is 2.45. The standard InChI is InChI=1S/C12H14N4O2/c13-6-5-11(17)14-9-3-1-8(2-4-9)10-7-12(18)16-15-10/h1-4,7H,5-6,13H2,(H,14,17)(H2,15,16,18). The molecule has 94 valence electrons. The van der Waals surface area contributed by atoms with Gasteiger partial charge >= 0.3 is 0 Å². The van der Waals surface area contributed by atoms with Crippen LogP contribution in [0.5, 0.6) is 0 Å². The third kappa shape index (κ3) is 2.86. The molecule has 0 aliphatic heterocycles. The van der Waals surface area contributed by atoms with Crippen LogP contribution in [-0.2, 0) is 4.79 Å². The number of amides is 1. The first-order valence-corrected chi connectivity index (χ1v) is 5.57. The summed E-state index contributed by atoms with van der Waals surface area (Å²) in [5, 5.41) is 7.96. The number of rotatable bonds is 4. The molecule has 0 unspecified atom stereocenters. The van der Waals surface area contributed by atoms with Crippen LogP contribution in [0.2, 0.25) is 0 Å². The predicted octanol–water partition coefficient (Wildman–Crippen LogP) is 0.657. The summed E-state index contributed by atoms with van der Waals surface area (Å²) in [5.74, 6) is -0.111. The summed E-state index contributed by atoms with van der Waals surface area (Å²) in [6.07, 6.45) is 0.298. The van der Waals surface area contributed by atoms with Crippen LogP contribution in [0.25, 0.3) is 11.3 Å². The molecule has 5 N–H and O–H groups in total. The summed E-state index contributed by atoms with van der Waals surface area (Å²) in [6, 6.07) is 8.65. The number of hydrogen-bond acceptors (Lipinski definition) is 3. The van der Waals surface area contributed by atoms with Crippen molar-refractivity contribution in [2.75, 3.05) is 11.9 Å². The Balaban J connectivity index is 2.10. The molecular formula is C12H14N4O2. The molecule has 1 aromatic heterocycles. The minimum absolute atomic E-state index is 0.111. The molecule has 1 heterocycles. The Morgan fingerprint density at radius 1 is 1.22 bits per heavy atom. The zero-order chi connectivity index (χ0) is 13.0. The van der Waals surface area contributed by atoms with E-state index in [-0.39, 0.29) is 11.5 Å². The average molecular weight is 246 g/mol. The highest BCUT2D eigenvalue weighted by molar-refractivity contribution is 5.91. The van der Waals surface area contributed by atoms with Crippen molar-refractivity contribution >= 4 is 11.6 Å². The molecule has 18 heavy (non-hydrogen) atoms. The number of benzene rings is 1. The molecule has 1 amide bonds. The van der Waals surface area contributed by atoms with Gasteiger partial charge in [0, 0.05) is 24.7 Å². The number of carbonyl (C=O) groups excluding carboxylic acids is 1. The van der Waals surface area contributed by atoms with E-state index in [0.29, 0.717) is 24.3 Å². The van der Waals surface area contributed by atoms with Crippen LogP contribution in [0.4, 0.5) is 5.69 Å². The summed E-state index contributed by atoms with van der Waals surface area (Å²) in [7, 11) is 0. The van der Waals surface area contributed by atoms with Gasteiger partial charge in [-0.15, -0.1) is 0 Å². The zero-order valence-electron chi connectivity index (χ0n) is 9.69. The lowest BCUT2D eigenvalue weighted by Crippen LogP contribution is -2.15. The average Bonchev–Trinajstić information content (AvgIpc) is 2.77. The van der Waals surface area contributed by atoms with Gasteiger partial charge in [0.05, 0.1) is 5.69 Å². The van der Waals surface area contributed by atoms with E-state index < -0.39 is 0 Å². The number of aromatic nitrogens is 2. The smallest absolute Gasteiger partial charge is 0.264 e. The molecular weight excluding hydrogens is 232 g/mol.